The molecule has 7 heteroatoms. The smallest absolute Gasteiger partial charge is 0.161 e. The molecule has 0 saturated carbocycles. The SMILES string of the molecule is COc1cnn(CCN(C)C)c1C(N)c1cscn1. The predicted molar refractivity (Wildman–Crippen MR) is 75.5 cm³/mol. The average Bonchev–Trinajstić information content (AvgIpc) is 3.04. The summed E-state index contributed by atoms with van der Waals surface area (Å²) in [7, 11) is 5.69. The Kier molecular flexibility index (Phi) is 4.52. The van der Waals surface area contributed by atoms with Crippen LogP contribution in [0, 0.1) is 0 Å². The molecule has 0 spiro atoms. The van der Waals surface area contributed by atoms with E-state index in [1.807, 2.05) is 24.2 Å². The average molecular weight is 281 g/mol. The Labute approximate surface area is 116 Å². The summed E-state index contributed by atoms with van der Waals surface area (Å²) in [5.74, 6) is 0.708. The summed E-state index contributed by atoms with van der Waals surface area (Å²) in [6, 6.07) is -0.314. The van der Waals surface area contributed by atoms with Crippen LogP contribution in [0.4, 0.5) is 0 Å². The van der Waals surface area contributed by atoms with E-state index < -0.39 is 0 Å². The summed E-state index contributed by atoms with van der Waals surface area (Å²) in [6.45, 7) is 1.66. The fourth-order valence-electron chi connectivity index (χ4n) is 1.84. The quantitative estimate of drug-likeness (QED) is 0.854. The maximum atomic E-state index is 6.28. The lowest BCUT2D eigenvalue weighted by atomic mass is 10.1. The van der Waals surface area contributed by atoms with Gasteiger partial charge in [0.2, 0.25) is 0 Å². The van der Waals surface area contributed by atoms with Gasteiger partial charge in [0, 0.05) is 11.9 Å². The third kappa shape index (κ3) is 3.12. The number of aromatic nitrogens is 3. The van der Waals surface area contributed by atoms with E-state index in [2.05, 4.69) is 15.0 Å². The molecular weight excluding hydrogens is 262 g/mol. The molecule has 0 aliphatic rings. The van der Waals surface area contributed by atoms with E-state index in [0.29, 0.717) is 5.75 Å². The van der Waals surface area contributed by atoms with Crippen molar-refractivity contribution in [1.82, 2.24) is 19.7 Å². The minimum Gasteiger partial charge on any atom is -0.493 e. The van der Waals surface area contributed by atoms with Gasteiger partial charge in [0.25, 0.3) is 0 Å². The molecule has 0 saturated heterocycles. The Morgan fingerprint density at radius 1 is 1.53 bits per heavy atom. The van der Waals surface area contributed by atoms with Gasteiger partial charge in [-0.3, -0.25) is 4.68 Å². The summed E-state index contributed by atoms with van der Waals surface area (Å²) in [5, 5.41) is 6.30. The topological polar surface area (TPSA) is 69.2 Å². The molecule has 2 aromatic heterocycles. The molecule has 0 aliphatic carbocycles. The third-order valence-electron chi connectivity index (χ3n) is 2.89. The zero-order valence-electron chi connectivity index (χ0n) is 11.4. The summed E-state index contributed by atoms with van der Waals surface area (Å²) in [4.78, 5) is 6.37. The van der Waals surface area contributed by atoms with Crippen LogP contribution in [0.5, 0.6) is 5.75 Å². The molecule has 19 heavy (non-hydrogen) atoms. The lowest BCUT2D eigenvalue weighted by Gasteiger charge is -2.16. The molecule has 2 heterocycles. The van der Waals surface area contributed by atoms with E-state index in [4.69, 9.17) is 10.5 Å². The van der Waals surface area contributed by atoms with E-state index in [1.54, 1.807) is 18.8 Å². The molecule has 6 nitrogen and oxygen atoms in total. The Morgan fingerprint density at radius 2 is 2.32 bits per heavy atom. The van der Waals surface area contributed by atoms with Gasteiger partial charge in [-0.2, -0.15) is 5.10 Å². The Morgan fingerprint density at radius 3 is 2.89 bits per heavy atom. The zero-order chi connectivity index (χ0) is 13.8. The molecule has 0 aliphatic heterocycles. The van der Waals surface area contributed by atoms with Crippen molar-refractivity contribution in [2.45, 2.75) is 12.6 Å². The Balaban J connectivity index is 2.28. The molecule has 2 rings (SSSR count). The number of nitrogens with two attached hydrogens (primary N) is 1. The van der Waals surface area contributed by atoms with Gasteiger partial charge < -0.3 is 15.4 Å². The molecule has 2 aromatic rings. The van der Waals surface area contributed by atoms with Crippen molar-refractivity contribution in [3.05, 3.63) is 28.5 Å². The van der Waals surface area contributed by atoms with Crippen molar-refractivity contribution < 1.29 is 4.74 Å². The molecule has 1 atom stereocenters. The second-order valence-corrected chi connectivity index (χ2v) is 5.23. The normalized spacial score (nSPS) is 12.9. The van der Waals surface area contributed by atoms with Crippen LogP contribution in [0.15, 0.2) is 17.1 Å². The van der Waals surface area contributed by atoms with Crippen LogP contribution in [-0.2, 0) is 6.54 Å². The monoisotopic (exact) mass is 281 g/mol. The van der Waals surface area contributed by atoms with Gasteiger partial charge in [-0.25, -0.2) is 4.98 Å². The predicted octanol–water partition coefficient (Wildman–Crippen LogP) is 0.958. The van der Waals surface area contributed by atoms with Crippen molar-refractivity contribution in [2.24, 2.45) is 5.73 Å². The standard InChI is InChI=1S/C12H19N5OS/c1-16(2)4-5-17-12(10(18-3)6-15-17)11(13)9-7-19-8-14-9/h6-8,11H,4-5,13H2,1-3H3. The first-order chi connectivity index (χ1) is 9.13. The molecule has 0 fully saturated rings. The van der Waals surface area contributed by atoms with Crippen LogP contribution >= 0.6 is 11.3 Å². The molecule has 0 amide bonds. The molecule has 1 unspecified atom stereocenters. The zero-order valence-corrected chi connectivity index (χ0v) is 12.2. The number of likely N-dealkylation sites (N-methyl/N-ethyl adjacent to an activating group) is 1. The van der Waals surface area contributed by atoms with E-state index in [1.165, 1.54) is 11.3 Å². The van der Waals surface area contributed by atoms with Gasteiger partial charge in [-0.05, 0) is 14.1 Å². The first-order valence-electron chi connectivity index (χ1n) is 6.01. The van der Waals surface area contributed by atoms with Gasteiger partial charge in [0.1, 0.15) is 5.69 Å². The summed E-state index contributed by atoms with van der Waals surface area (Å²) in [6.07, 6.45) is 1.71. The summed E-state index contributed by atoms with van der Waals surface area (Å²) < 4.78 is 7.24. The highest BCUT2D eigenvalue weighted by molar-refractivity contribution is 7.07. The van der Waals surface area contributed by atoms with Gasteiger partial charge in [-0.15, -0.1) is 11.3 Å². The number of hydrogen-bond donors (Lipinski definition) is 1. The second kappa shape index (κ2) is 6.14. The highest BCUT2D eigenvalue weighted by atomic mass is 32.1. The number of ether oxygens (including phenoxy) is 1. The van der Waals surface area contributed by atoms with Crippen LogP contribution < -0.4 is 10.5 Å². The largest absolute Gasteiger partial charge is 0.493 e. The van der Waals surface area contributed by atoms with Crippen molar-refractivity contribution in [3.8, 4) is 5.75 Å². The maximum absolute atomic E-state index is 6.28. The lowest BCUT2D eigenvalue weighted by molar-refractivity contribution is 0.363. The van der Waals surface area contributed by atoms with Crippen LogP contribution in [0.2, 0.25) is 0 Å². The highest BCUT2D eigenvalue weighted by Gasteiger charge is 2.21. The van der Waals surface area contributed by atoms with Crippen LogP contribution in [0.3, 0.4) is 0 Å². The van der Waals surface area contributed by atoms with E-state index >= 15 is 0 Å². The van der Waals surface area contributed by atoms with Gasteiger partial charge >= 0.3 is 0 Å². The van der Waals surface area contributed by atoms with Crippen molar-refractivity contribution in [3.63, 3.8) is 0 Å². The maximum Gasteiger partial charge on any atom is 0.161 e. The fraction of sp³-hybridized carbons (Fsp3) is 0.500. The number of hydrogen-bond acceptors (Lipinski definition) is 6. The lowest BCUT2D eigenvalue weighted by Crippen LogP contribution is -2.23. The Bertz CT molecular complexity index is 508. The van der Waals surface area contributed by atoms with Crippen LogP contribution in [0.25, 0.3) is 0 Å². The van der Waals surface area contributed by atoms with Crippen molar-refractivity contribution in [1.29, 1.82) is 0 Å². The van der Waals surface area contributed by atoms with Crippen LogP contribution in [-0.4, -0.2) is 47.4 Å². The first-order valence-corrected chi connectivity index (χ1v) is 6.96. The summed E-state index contributed by atoms with van der Waals surface area (Å²) in [5.41, 5.74) is 9.77. The van der Waals surface area contributed by atoms with Gasteiger partial charge in [-0.1, -0.05) is 0 Å². The highest BCUT2D eigenvalue weighted by Crippen LogP contribution is 2.27. The molecular formula is C12H19N5OS. The Hall–Kier alpha value is -1.44. The fourth-order valence-corrected chi connectivity index (χ4v) is 2.43. The van der Waals surface area contributed by atoms with Gasteiger partial charge in [0.15, 0.2) is 5.75 Å². The van der Waals surface area contributed by atoms with Gasteiger partial charge in [0.05, 0.1) is 37.1 Å². The second-order valence-electron chi connectivity index (χ2n) is 4.52. The van der Waals surface area contributed by atoms with Crippen molar-refractivity contribution in [2.75, 3.05) is 27.7 Å². The van der Waals surface area contributed by atoms with E-state index in [-0.39, 0.29) is 6.04 Å². The molecule has 0 bridgehead atoms. The first kappa shape index (κ1) is 14.0. The molecule has 0 aromatic carbocycles. The van der Waals surface area contributed by atoms with Crippen LogP contribution in [0.1, 0.15) is 17.4 Å². The number of rotatable bonds is 6. The minimum absolute atomic E-state index is 0.314. The van der Waals surface area contributed by atoms with E-state index in [9.17, 15) is 0 Å². The number of methoxy groups -OCH3 is 1. The number of thiazole rings is 1. The third-order valence-corrected chi connectivity index (χ3v) is 3.49. The minimum atomic E-state index is -0.314. The molecule has 2 N–H and O–H groups in total. The van der Waals surface area contributed by atoms with E-state index in [0.717, 1.165) is 24.5 Å². The molecule has 0 radical (unpaired) electrons. The molecule has 104 valence electrons. The summed E-state index contributed by atoms with van der Waals surface area (Å²) >= 11 is 1.53. The number of nitrogens with zero attached hydrogens (tertiary/aromatic N) is 4. The van der Waals surface area contributed by atoms with Crippen molar-refractivity contribution >= 4 is 11.3 Å².